The lowest BCUT2D eigenvalue weighted by Gasteiger charge is -2.10. The van der Waals surface area contributed by atoms with Crippen molar-refractivity contribution in [2.24, 2.45) is 0 Å². The number of aliphatic hydroxyl groups is 1. The van der Waals surface area contributed by atoms with Crippen molar-refractivity contribution < 1.29 is 13.5 Å². The number of aromatic nitrogens is 2. The fraction of sp³-hybridized carbons (Fsp3) is 0.182. The molecule has 8 heteroatoms. The highest BCUT2D eigenvalue weighted by Crippen LogP contribution is 2.23. The highest BCUT2D eigenvalue weighted by atomic mass is 79.9. The Labute approximate surface area is 119 Å². The number of H-pyrrole nitrogens is 1. The molecule has 6 nitrogen and oxygen atoms in total. The summed E-state index contributed by atoms with van der Waals surface area (Å²) in [5, 5.41) is 14.9. The number of nitrogens with one attached hydrogen (secondary N) is 2. The quantitative estimate of drug-likeness (QED) is 0.786. The second kappa shape index (κ2) is 5.32. The monoisotopic (exact) mass is 345 g/mol. The molecule has 2 rings (SSSR count). The summed E-state index contributed by atoms with van der Waals surface area (Å²) in [6, 6.07) is 5.20. The minimum Gasteiger partial charge on any atom is -0.392 e. The van der Waals surface area contributed by atoms with E-state index in [0.717, 1.165) is 10.0 Å². The molecule has 0 unspecified atom stereocenters. The molecule has 0 spiro atoms. The Morgan fingerprint density at radius 2 is 2.21 bits per heavy atom. The molecule has 0 aliphatic rings. The fourth-order valence-corrected chi connectivity index (χ4v) is 3.31. The van der Waals surface area contributed by atoms with Crippen molar-refractivity contribution in [1.29, 1.82) is 0 Å². The van der Waals surface area contributed by atoms with Gasteiger partial charge in [-0.1, -0.05) is 15.9 Å². The molecule has 0 saturated carbocycles. The number of aliphatic hydroxyl groups excluding tert-OH is 1. The molecule has 0 atom stereocenters. The zero-order chi connectivity index (χ0) is 14.0. The van der Waals surface area contributed by atoms with Gasteiger partial charge in [0.2, 0.25) is 0 Å². The molecule has 19 heavy (non-hydrogen) atoms. The third-order valence-corrected chi connectivity index (χ3v) is 4.42. The predicted octanol–water partition coefficient (Wildman–Crippen LogP) is 1.77. The number of sulfonamides is 1. The summed E-state index contributed by atoms with van der Waals surface area (Å²) in [5.41, 5.74) is 1.48. The molecule has 1 aromatic heterocycles. The first kappa shape index (κ1) is 14.0. The Balaban J connectivity index is 2.37. The molecule has 1 aromatic carbocycles. The second-order valence-electron chi connectivity index (χ2n) is 3.95. The van der Waals surface area contributed by atoms with E-state index < -0.39 is 16.6 Å². The van der Waals surface area contributed by atoms with E-state index in [1.165, 1.54) is 6.20 Å². The van der Waals surface area contributed by atoms with Gasteiger partial charge in [-0.25, -0.2) is 0 Å². The Morgan fingerprint density at radius 1 is 1.47 bits per heavy atom. The van der Waals surface area contributed by atoms with E-state index in [-0.39, 0.29) is 10.6 Å². The lowest BCUT2D eigenvalue weighted by Crippen LogP contribution is -2.16. The van der Waals surface area contributed by atoms with Crippen LogP contribution in [0.15, 0.2) is 33.9 Å². The number of aryl methyl sites for hydroxylation is 1. The predicted molar refractivity (Wildman–Crippen MR) is 74.2 cm³/mol. The highest BCUT2D eigenvalue weighted by Gasteiger charge is 2.21. The molecule has 3 N–H and O–H groups in total. The molecule has 0 aliphatic heterocycles. The standard InChI is InChI=1S/C11H12BrN3O3S/c1-7-4-9(12)2-3-10(7)15-19(17,18)11-8(6-16)5-13-14-11/h2-5,15-16H,6H2,1H3,(H,13,14). The van der Waals surface area contributed by atoms with Crippen LogP contribution in [0.25, 0.3) is 0 Å². The molecule has 2 aromatic rings. The van der Waals surface area contributed by atoms with Crippen LogP contribution in [0, 0.1) is 6.92 Å². The number of anilines is 1. The van der Waals surface area contributed by atoms with Crippen molar-refractivity contribution in [2.75, 3.05) is 4.72 Å². The normalized spacial score (nSPS) is 11.5. The average Bonchev–Trinajstić information content (AvgIpc) is 2.82. The molecular formula is C11H12BrN3O3S. The number of nitrogens with zero attached hydrogens (tertiary/aromatic N) is 1. The largest absolute Gasteiger partial charge is 0.392 e. The van der Waals surface area contributed by atoms with E-state index in [1.54, 1.807) is 25.1 Å². The molecule has 0 aliphatic carbocycles. The van der Waals surface area contributed by atoms with Crippen LogP contribution in [0.1, 0.15) is 11.1 Å². The van der Waals surface area contributed by atoms with E-state index in [9.17, 15) is 8.42 Å². The van der Waals surface area contributed by atoms with Crippen molar-refractivity contribution in [3.05, 3.63) is 40.0 Å². The van der Waals surface area contributed by atoms with Gasteiger partial charge in [-0.2, -0.15) is 13.5 Å². The Bertz CT molecular complexity index is 697. The van der Waals surface area contributed by atoms with Crippen LogP contribution in [0.5, 0.6) is 0 Å². The zero-order valence-corrected chi connectivity index (χ0v) is 12.4. The summed E-state index contributed by atoms with van der Waals surface area (Å²) < 4.78 is 27.7. The molecule has 0 bridgehead atoms. The van der Waals surface area contributed by atoms with Crippen LogP contribution in [-0.4, -0.2) is 23.7 Å². The van der Waals surface area contributed by atoms with Crippen molar-refractivity contribution in [1.82, 2.24) is 10.2 Å². The van der Waals surface area contributed by atoms with Crippen LogP contribution >= 0.6 is 15.9 Å². The smallest absolute Gasteiger partial charge is 0.279 e. The number of aromatic amines is 1. The maximum atomic E-state index is 12.2. The Hall–Kier alpha value is -1.38. The van der Waals surface area contributed by atoms with Gasteiger partial charge in [0.15, 0.2) is 5.03 Å². The molecule has 0 radical (unpaired) electrons. The number of rotatable bonds is 4. The zero-order valence-electron chi connectivity index (χ0n) is 10.0. The van der Waals surface area contributed by atoms with Crippen LogP contribution in [0.2, 0.25) is 0 Å². The molecular weight excluding hydrogens is 334 g/mol. The Kier molecular flexibility index (Phi) is 3.93. The van der Waals surface area contributed by atoms with Crippen LogP contribution in [-0.2, 0) is 16.6 Å². The van der Waals surface area contributed by atoms with Gasteiger partial charge in [0.1, 0.15) is 0 Å². The summed E-state index contributed by atoms with van der Waals surface area (Å²) in [6.45, 7) is 1.40. The highest BCUT2D eigenvalue weighted by molar-refractivity contribution is 9.10. The molecule has 0 amide bonds. The second-order valence-corrected chi connectivity index (χ2v) is 6.48. The van der Waals surface area contributed by atoms with Gasteiger partial charge in [0.05, 0.1) is 18.5 Å². The summed E-state index contributed by atoms with van der Waals surface area (Å²) in [4.78, 5) is 0. The number of benzene rings is 1. The lowest BCUT2D eigenvalue weighted by atomic mass is 10.2. The molecule has 0 fully saturated rings. The first-order chi connectivity index (χ1) is 8.94. The summed E-state index contributed by atoms with van der Waals surface area (Å²) >= 11 is 3.31. The van der Waals surface area contributed by atoms with Gasteiger partial charge >= 0.3 is 0 Å². The number of halogens is 1. The van der Waals surface area contributed by atoms with Crippen LogP contribution < -0.4 is 4.72 Å². The van der Waals surface area contributed by atoms with E-state index in [0.29, 0.717) is 5.69 Å². The number of hydrogen-bond donors (Lipinski definition) is 3. The van der Waals surface area contributed by atoms with E-state index >= 15 is 0 Å². The third kappa shape index (κ3) is 2.96. The van der Waals surface area contributed by atoms with Gasteiger partial charge < -0.3 is 5.11 Å². The van der Waals surface area contributed by atoms with Crippen molar-refractivity contribution >= 4 is 31.6 Å². The van der Waals surface area contributed by atoms with E-state index in [1.807, 2.05) is 0 Å². The third-order valence-electron chi connectivity index (χ3n) is 2.55. The summed E-state index contributed by atoms with van der Waals surface area (Å²) in [6.07, 6.45) is 1.28. The molecule has 1 heterocycles. The van der Waals surface area contributed by atoms with Gasteiger partial charge in [-0.15, -0.1) is 0 Å². The van der Waals surface area contributed by atoms with Gasteiger partial charge in [0.25, 0.3) is 10.0 Å². The van der Waals surface area contributed by atoms with Gasteiger partial charge in [0, 0.05) is 10.0 Å². The van der Waals surface area contributed by atoms with Crippen molar-refractivity contribution in [3.8, 4) is 0 Å². The summed E-state index contributed by atoms with van der Waals surface area (Å²) in [7, 11) is -3.79. The maximum Gasteiger partial charge on any atom is 0.279 e. The molecule has 0 saturated heterocycles. The topological polar surface area (TPSA) is 95.1 Å². The number of hydrogen-bond acceptors (Lipinski definition) is 4. The Morgan fingerprint density at radius 3 is 2.84 bits per heavy atom. The average molecular weight is 346 g/mol. The molecule has 102 valence electrons. The van der Waals surface area contributed by atoms with Crippen LogP contribution in [0.4, 0.5) is 5.69 Å². The summed E-state index contributed by atoms with van der Waals surface area (Å²) in [5.74, 6) is 0. The van der Waals surface area contributed by atoms with Crippen molar-refractivity contribution in [3.63, 3.8) is 0 Å². The van der Waals surface area contributed by atoms with Gasteiger partial charge in [-0.3, -0.25) is 9.82 Å². The van der Waals surface area contributed by atoms with Crippen LogP contribution in [0.3, 0.4) is 0 Å². The van der Waals surface area contributed by atoms with E-state index in [2.05, 4.69) is 30.8 Å². The minimum absolute atomic E-state index is 0.127. The SMILES string of the molecule is Cc1cc(Br)ccc1NS(=O)(=O)c1[nH]ncc1CO. The van der Waals surface area contributed by atoms with Gasteiger partial charge in [-0.05, 0) is 30.7 Å². The first-order valence-electron chi connectivity index (χ1n) is 5.36. The first-order valence-corrected chi connectivity index (χ1v) is 7.64. The lowest BCUT2D eigenvalue weighted by molar-refractivity contribution is 0.278. The minimum atomic E-state index is -3.79. The van der Waals surface area contributed by atoms with E-state index in [4.69, 9.17) is 5.11 Å². The fourth-order valence-electron chi connectivity index (χ4n) is 1.58. The van der Waals surface area contributed by atoms with Crippen molar-refractivity contribution in [2.45, 2.75) is 18.6 Å². The maximum absolute atomic E-state index is 12.2.